The Hall–Kier alpha value is -3.25. The van der Waals surface area contributed by atoms with E-state index in [2.05, 4.69) is 21.7 Å². The van der Waals surface area contributed by atoms with Crippen molar-refractivity contribution < 1.29 is 14.3 Å². The Bertz CT molecular complexity index is 1120. The Balaban J connectivity index is 1.40. The molecule has 1 aliphatic carbocycles. The molecule has 9 heteroatoms. The Kier molecular flexibility index (Phi) is 4.79. The molecule has 0 radical (unpaired) electrons. The van der Waals surface area contributed by atoms with Crippen LogP contribution >= 0.6 is 11.3 Å². The van der Waals surface area contributed by atoms with Crippen LogP contribution in [0.2, 0.25) is 0 Å². The van der Waals surface area contributed by atoms with Crippen molar-refractivity contribution in [2.24, 2.45) is 0 Å². The van der Waals surface area contributed by atoms with Gasteiger partial charge in [-0.15, -0.1) is 16.4 Å². The maximum absolute atomic E-state index is 12.3. The van der Waals surface area contributed by atoms with Gasteiger partial charge in [0, 0.05) is 11.4 Å². The predicted octanol–water partition coefficient (Wildman–Crippen LogP) is 2.67. The smallest absolute Gasteiger partial charge is 0.338 e. The highest BCUT2D eigenvalue weighted by molar-refractivity contribution is 7.16. The summed E-state index contributed by atoms with van der Waals surface area (Å²) in [5, 5.41) is 20.6. The molecule has 1 aliphatic rings. The number of fused-ring (bicyclic) bond motifs is 2. The van der Waals surface area contributed by atoms with Gasteiger partial charge in [-0.3, -0.25) is 4.79 Å². The number of benzene rings is 1. The molecular formula is C19H17N5O3S. The van der Waals surface area contributed by atoms with Gasteiger partial charge in [0.1, 0.15) is 16.6 Å². The largest absolute Gasteiger partial charge is 0.452 e. The summed E-state index contributed by atoms with van der Waals surface area (Å²) in [7, 11) is 0. The van der Waals surface area contributed by atoms with E-state index < -0.39 is 18.5 Å². The van der Waals surface area contributed by atoms with Crippen LogP contribution in [-0.2, 0) is 28.9 Å². The highest BCUT2D eigenvalue weighted by Crippen LogP contribution is 2.38. The number of aromatic nitrogens is 3. The molecule has 0 fully saturated rings. The quantitative estimate of drug-likeness (QED) is 0.665. The number of hydrogen-bond donors (Lipinski definition) is 1. The number of nitrogens with zero attached hydrogens (tertiary/aromatic N) is 4. The third-order valence-electron chi connectivity index (χ3n) is 4.67. The summed E-state index contributed by atoms with van der Waals surface area (Å²) >= 11 is 1.43. The molecule has 28 heavy (non-hydrogen) atoms. The first-order valence-electron chi connectivity index (χ1n) is 8.95. The maximum Gasteiger partial charge on any atom is 0.338 e. The molecule has 8 nitrogen and oxygen atoms in total. The zero-order valence-electron chi connectivity index (χ0n) is 15.2. The molecule has 0 saturated heterocycles. The van der Waals surface area contributed by atoms with Crippen LogP contribution in [0.1, 0.15) is 39.7 Å². The second-order valence-corrected chi connectivity index (χ2v) is 7.51. The molecule has 3 aromatic rings. The number of aryl methyl sites for hydroxylation is 2. The van der Waals surface area contributed by atoms with Crippen molar-refractivity contribution in [3.63, 3.8) is 0 Å². The molecule has 0 spiro atoms. The summed E-state index contributed by atoms with van der Waals surface area (Å²) < 4.78 is 6.84. The predicted molar refractivity (Wildman–Crippen MR) is 103 cm³/mol. The van der Waals surface area contributed by atoms with Gasteiger partial charge in [0.25, 0.3) is 5.91 Å². The van der Waals surface area contributed by atoms with Gasteiger partial charge in [-0.05, 0) is 49.9 Å². The number of nitrogens with one attached hydrogen (secondary N) is 1. The lowest BCUT2D eigenvalue weighted by molar-refractivity contribution is -0.119. The number of rotatable bonds is 5. The summed E-state index contributed by atoms with van der Waals surface area (Å²) in [6.45, 7) is 2.21. The van der Waals surface area contributed by atoms with E-state index in [4.69, 9.17) is 4.74 Å². The van der Waals surface area contributed by atoms with Gasteiger partial charge in [0.15, 0.2) is 6.61 Å². The average molecular weight is 395 g/mol. The first kappa shape index (κ1) is 18.1. The van der Waals surface area contributed by atoms with E-state index in [0.717, 1.165) is 35.2 Å². The van der Waals surface area contributed by atoms with E-state index in [1.54, 1.807) is 22.9 Å². The van der Waals surface area contributed by atoms with Crippen molar-refractivity contribution in [1.82, 2.24) is 15.0 Å². The normalized spacial score (nSPS) is 12.6. The zero-order valence-corrected chi connectivity index (χ0v) is 16.0. The van der Waals surface area contributed by atoms with Gasteiger partial charge in [0.2, 0.25) is 0 Å². The Labute approximate surface area is 164 Å². The van der Waals surface area contributed by atoms with E-state index in [-0.39, 0.29) is 0 Å². The molecule has 0 unspecified atom stereocenters. The monoisotopic (exact) mass is 395 g/mol. The lowest BCUT2D eigenvalue weighted by Crippen LogP contribution is -2.21. The van der Waals surface area contributed by atoms with E-state index in [1.165, 1.54) is 11.3 Å². The Morgan fingerprint density at radius 3 is 3.04 bits per heavy atom. The third kappa shape index (κ3) is 3.23. The molecule has 1 aromatic carbocycles. The third-order valence-corrected chi connectivity index (χ3v) is 5.88. The lowest BCUT2D eigenvalue weighted by atomic mass is 10.1. The molecule has 1 N–H and O–H groups in total. The van der Waals surface area contributed by atoms with Gasteiger partial charge in [0.05, 0.1) is 16.6 Å². The molecule has 0 atom stereocenters. The first-order valence-corrected chi connectivity index (χ1v) is 9.77. The van der Waals surface area contributed by atoms with E-state index in [1.807, 2.05) is 6.92 Å². The van der Waals surface area contributed by atoms with Gasteiger partial charge in [-0.1, -0.05) is 5.21 Å². The molecule has 0 aliphatic heterocycles. The number of ether oxygens (including phenoxy) is 1. The van der Waals surface area contributed by atoms with Crippen LogP contribution in [0.3, 0.4) is 0 Å². The summed E-state index contributed by atoms with van der Waals surface area (Å²) in [5.41, 5.74) is 3.28. The highest BCUT2D eigenvalue weighted by atomic mass is 32.1. The fourth-order valence-electron chi connectivity index (χ4n) is 3.32. The molecule has 2 aromatic heterocycles. The van der Waals surface area contributed by atoms with Crippen molar-refractivity contribution in [2.75, 3.05) is 11.9 Å². The zero-order chi connectivity index (χ0) is 19.7. The molecule has 1 amide bonds. The topological polar surface area (TPSA) is 110 Å². The number of thiophene rings is 1. The number of nitriles is 1. The van der Waals surface area contributed by atoms with Crippen LogP contribution in [0.15, 0.2) is 18.2 Å². The summed E-state index contributed by atoms with van der Waals surface area (Å²) in [6, 6.07) is 7.13. The summed E-state index contributed by atoms with van der Waals surface area (Å²) in [5.74, 6) is -1.08. The van der Waals surface area contributed by atoms with Crippen LogP contribution < -0.4 is 5.32 Å². The second-order valence-electron chi connectivity index (χ2n) is 6.41. The van der Waals surface area contributed by atoms with Crippen LogP contribution in [0.4, 0.5) is 5.00 Å². The minimum absolute atomic E-state index is 0.302. The number of carbonyl (C=O) groups is 2. The first-order chi connectivity index (χ1) is 13.6. The average Bonchev–Trinajstić information content (AvgIpc) is 3.39. The number of carbonyl (C=O) groups excluding carboxylic acids is 2. The summed E-state index contributed by atoms with van der Waals surface area (Å²) in [6.07, 6.45) is 2.84. The van der Waals surface area contributed by atoms with E-state index in [9.17, 15) is 14.9 Å². The SMILES string of the molecule is CCn1nnc2cc(C(=O)OCC(=O)Nc3sc4c(c3C#N)CCC4)ccc21. The molecule has 0 bridgehead atoms. The van der Waals surface area contributed by atoms with Gasteiger partial charge in [-0.2, -0.15) is 5.26 Å². The molecular weight excluding hydrogens is 378 g/mol. The van der Waals surface area contributed by atoms with Crippen molar-refractivity contribution in [3.05, 3.63) is 39.8 Å². The fourth-order valence-corrected chi connectivity index (χ4v) is 4.58. The van der Waals surface area contributed by atoms with Crippen LogP contribution in [0, 0.1) is 11.3 Å². The van der Waals surface area contributed by atoms with Crippen LogP contribution in [0.5, 0.6) is 0 Å². The van der Waals surface area contributed by atoms with E-state index >= 15 is 0 Å². The summed E-state index contributed by atoms with van der Waals surface area (Å²) in [4.78, 5) is 25.6. The molecule has 2 heterocycles. The second kappa shape index (κ2) is 7.40. The minimum Gasteiger partial charge on any atom is -0.452 e. The van der Waals surface area contributed by atoms with Crippen LogP contribution in [0.25, 0.3) is 11.0 Å². The number of hydrogen-bond acceptors (Lipinski definition) is 7. The molecule has 4 rings (SSSR count). The highest BCUT2D eigenvalue weighted by Gasteiger charge is 2.23. The molecule has 142 valence electrons. The maximum atomic E-state index is 12.3. The van der Waals surface area contributed by atoms with Gasteiger partial charge < -0.3 is 10.1 Å². The fraction of sp³-hybridized carbons (Fsp3) is 0.316. The molecule has 0 saturated carbocycles. The number of anilines is 1. The minimum atomic E-state index is -0.614. The standard InChI is InChI=1S/C19H17N5O3S/c1-2-24-15-7-6-11(8-14(15)22-23-24)19(26)27-10-17(25)21-18-13(9-20)12-4-3-5-16(12)28-18/h6-8H,2-5,10H2,1H3,(H,21,25). The van der Waals surface area contributed by atoms with Crippen molar-refractivity contribution in [3.8, 4) is 6.07 Å². The number of amides is 1. The Morgan fingerprint density at radius 1 is 1.39 bits per heavy atom. The Morgan fingerprint density at radius 2 is 2.25 bits per heavy atom. The van der Waals surface area contributed by atoms with Gasteiger partial charge in [-0.25, -0.2) is 9.48 Å². The van der Waals surface area contributed by atoms with Crippen molar-refractivity contribution in [1.29, 1.82) is 5.26 Å². The van der Waals surface area contributed by atoms with E-state index in [0.29, 0.717) is 28.2 Å². The lowest BCUT2D eigenvalue weighted by Gasteiger charge is -2.06. The van der Waals surface area contributed by atoms with Crippen molar-refractivity contribution in [2.45, 2.75) is 32.7 Å². The van der Waals surface area contributed by atoms with Crippen molar-refractivity contribution >= 4 is 39.2 Å². The van der Waals surface area contributed by atoms with Gasteiger partial charge >= 0.3 is 5.97 Å². The number of esters is 1. The van der Waals surface area contributed by atoms with Crippen LogP contribution in [-0.4, -0.2) is 33.5 Å².